The molecule has 0 aliphatic heterocycles. The van der Waals surface area contributed by atoms with E-state index < -0.39 is 21.6 Å². The standard InChI is InChI=1S/C14H14FNO4S/c1-21(18,19)11-5-6-12(15)13(9-11)16-14(17)7-4-10-3-2-8-20-10/h2-3,5-6,8-9H,4,7H2,1H3,(H,16,17). The molecule has 112 valence electrons. The summed E-state index contributed by atoms with van der Waals surface area (Å²) < 4.78 is 41.5. The number of nitrogens with one attached hydrogen (secondary N) is 1. The van der Waals surface area contributed by atoms with Gasteiger partial charge >= 0.3 is 0 Å². The first-order valence-electron chi connectivity index (χ1n) is 6.18. The number of anilines is 1. The quantitative estimate of drug-likeness (QED) is 0.860. The first kappa shape index (κ1) is 15.2. The molecule has 0 saturated heterocycles. The Morgan fingerprint density at radius 3 is 2.71 bits per heavy atom. The Bertz CT molecular complexity index is 738. The average molecular weight is 311 g/mol. The molecule has 1 amide bonds. The van der Waals surface area contributed by atoms with Gasteiger partial charge in [-0.1, -0.05) is 0 Å². The molecule has 1 N–H and O–H groups in total. The Hall–Kier alpha value is -2.15. The second-order valence-corrected chi connectivity index (χ2v) is 6.56. The zero-order valence-electron chi connectivity index (χ0n) is 11.3. The normalized spacial score (nSPS) is 11.3. The minimum absolute atomic E-state index is 0.0507. The van der Waals surface area contributed by atoms with Crippen molar-refractivity contribution in [3.05, 3.63) is 48.2 Å². The van der Waals surface area contributed by atoms with Crippen molar-refractivity contribution in [3.8, 4) is 0 Å². The third kappa shape index (κ3) is 4.16. The number of benzene rings is 1. The summed E-state index contributed by atoms with van der Waals surface area (Å²) in [6.45, 7) is 0. The van der Waals surface area contributed by atoms with E-state index in [9.17, 15) is 17.6 Å². The van der Waals surface area contributed by atoms with Crippen LogP contribution in [0.25, 0.3) is 0 Å². The van der Waals surface area contributed by atoms with Gasteiger partial charge in [-0.3, -0.25) is 4.79 Å². The fourth-order valence-corrected chi connectivity index (χ4v) is 2.38. The summed E-state index contributed by atoms with van der Waals surface area (Å²) in [6.07, 6.45) is 3.01. The minimum Gasteiger partial charge on any atom is -0.469 e. The molecule has 0 unspecified atom stereocenters. The number of furan rings is 1. The summed E-state index contributed by atoms with van der Waals surface area (Å²) in [5.74, 6) is -0.458. The number of sulfone groups is 1. The van der Waals surface area contributed by atoms with Gasteiger partial charge in [0.25, 0.3) is 0 Å². The van der Waals surface area contributed by atoms with Crippen molar-refractivity contribution < 1.29 is 22.0 Å². The second kappa shape index (κ2) is 6.09. The van der Waals surface area contributed by atoms with Crippen LogP contribution in [0.2, 0.25) is 0 Å². The summed E-state index contributed by atoms with van der Waals surface area (Å²) in [4.78, 5) is 11.7. The third-order valence-electron chi connectivity index (χ3n) is 2.82. The van der Waals surface area contributed by atoms with E-state index in [1.165, 1.54) is 6.26 Å². The molecule has 1 aromatic heterocycles. The van der Waals surface area contributed by atoms with E-state index in [-0.39, 0.29) is 17.0 Å². The molecule has 0 spiro atoms. The molecular weight excluding hydrogens is 297 g/mol. The predicted molar refractivity (Wildman–Crippen MR) is 75.2 cm³/mol. The van der Waals surface area contributed by atoms with Gasteiger partial charge in [0.05, 0.1) is 16.8 Å². The summed E-state index contributed by atoms with van der Waals surface area (Å²) in [7, 11) is -3.46. The molecule has 0 radical (unpaired) electrons. The molecule has 1 heterocycles. The third-order valence-corrected chi connectivity index (χ3v) is 3.93. The summed E-state index contributed by atoms with van der Waals surface area (Å²) in [5.41, 5.74) is -0.151. The number of carbonyl (C=O) groups excluding carboxylic acids is 1. The van der Waals surface area contributed by atoms with Gasteiger partial charge in [0.2, 0.25) is 5.91 Å². The number of hydrogen-bond donors (Lipinski definition) is 1. The van der Waals surface area contributed by atoms with Crippen LogP contribution >= 0.6 is 0 Å². The zero-order chi connectivity index (χ0) is 15.5. The van der Waals surface area contributed by atoms with E-state index in [1.807, 2.05) is 0 Å². The molecule has 2 rings (SSSR count). The Kier molecular flexibility index (Phi) is 4.42. The Labute approximate surface area is 121 Å². The lowest BCUT2D eigenvalue weighted by Gasteiger charge is -2.07. The molecule has 5 nitrogen and oxygen atoms in total. The molecule has 0 aliphatic rings. The Balaban J connectivity index is 2.06. The van der Waals surface area contributed by atoms with Gasteiger partial charge in [-0.2, -0.15) is 0 Å². The van der Waals surface area contributed by atoms with Gasteiger partial charge in [-0.25, -0.2) is 12.8 Å². The van der Waals surface area contributed by atoms with Crippen LogP contribution in [0.1, 0.15) is 12.2 Å². The Morgan fingerprint density at radius 1 is 1.33 bits per heavy atom. The number of halogens is 1. The molecule has 0 bridgehead atoms. The monoisotopic (exact) mass is 311 g/mol. The van der Waals surface area contributed by atoms with E-state index in [0.717, 1.165) is 24.5 Å². The van der Waals surface area contributed by atoms with Crippen LogP contribution in [0.3, 0.4) is 0 Å². The van der Waals surface area contributed by atoms with E-state index in [1.54, 1.807) is 12.1 Å². The molecule has 0 atom stereocenters. The summed E-state index contributed by atoms with van der Waals surface area (Å²) in [6, 6.07) is 6.72. The lowest BCUT2D eigenvalue weighted by Crippen LogP contribution is -2.14. The largest absolute Gasteiger partial charge is 0.469 e. The van der Waals surface area contributed by atoms with Crippen molar-refractivity contribution in [2.24, 2.45) is 0 Å². The van der Waals surface area contributed by atoms with Crippen molar-refractivity contribution in [1.29, 1.82) is 0 Å². The highest BCUT2D eigenvalue weighted by Crippen LogP contribution is 2.20. The predicted octanol–water partition coefficient (Wildman–Crippen LogP) is 2.39. The van der Waals surface area contributed by atoms with Crippen molar-refractivity contribution in [2.45, 2.75) is 17.7 Å². The van der Waals surface area contributed by atoms with Gasteiger partial charge in [0.15, 0.2) is 9.84 Å². The van der Waals surface area contributed by atoms with Crippen molar-refractivity contribution in [1.82, 2.24) is 0 Å². The smallest absolute Gasteiger partial charge is 0.224 e. The van der Waals surface area contributed by atoms with E-state index in [2.05, 4.69) is 5.32 Å². The maximum absolute atomic E-state index is 13.6. The van der Waals surface area contributed by atoms with E-state index >= 15 is 0 Å². The van der Waals surface area contributed by atoms with Crippen LogP contribution in [-0.4, -0.2) is 20.6 Å². The van der Waals surface area contributed by atoms with E-state index in [4.69, 9.17) is 4.42 Å². The van der Waals surface area contributed by atoms with Crippen LogP contribution in [0, 0.1) is 5.82 Å². The van der Waals surface area contributed by atoms with Gasteiger partial charge < -0.3 is 9.73 Å². The maximum atomic E-state index is 13.6. The molecule has 0 saturated carbocycles. The summed E-state index contributed by atoms with van der Waals surface area (Å²) in [5, 5.41) is 2.37. The molecule has 21 heavy (non-hydrogen) atoms. The molecule has 2 aromatic rings. The fourth-order valence-electron chi connectivity index (χ4n) is 1.74. The van der Waals surface area contributed by atoms with Gasteiger partial charge in [-0.05, 0) is 30.3 Å². The van der Waals surface area contributed by atoms with Gasteiger partial charge in [0, 0.05) is 19.1 Å². The van der Waals surface area contributed by atoms with E-state index in [0.29, 0.717) is 12.2 Å². The highest BCUT2D eigenvalue weighted by atomic mass is 32.2. The first-order chi connectivity index (χ1) is 9.86. The lowest BCUT2D eigenvalue weighted by atomic mass is 10.2. The number of aryl methyl sites for hydroxylation is 1. The molecular formula is C14H14FNO4S. The topological polar surface area (TPSA) is 76.4 Å². The van der Waals surface area contributed by atoms with Gasteiger partial charge in [-0.15, -0.1) is 0 Å². The zero-order valence-corrected chi connectivity index (χ0v) is 12.1. The number of hydrogen-bond acceptors (Lipinski definition) is 4. The lowest BCUT2D eigenvalue weighted by molar-refractivity contribution is -0.116. The average Bonchev–Trinajstić information content (AvgIpc) is 2.91. The highest BCUT2D eigenvalue weighted by Gasteiger charge is 2.13. The fraction of sp³-hybridized carbons (Fsp3) is 0.214. The minimum atomic E-state index is -3.46. The van der Waals surface area contributed by atoms with Crippen LogP contribution in [0.5, 0.6) is 0 Å². The SMILES string of the molecule is CS(=O)(=O)c1ccc(F)c(NC(=O)CCc2ccco2)c1. The van der Waals surface area contributed by atoms with Crippen LogP contribution in [0.15, 0.2) is 45.9 Å². The molecule has 7 heteroatoms. The maximum Gasteiger partial charge on any atom is 0.224 e. The van der Waals surface area contributed by atoms with Gasteiger partial charge in [0.1, 0.15) is 11.6 Å². The summed E-state index contributed by atoms with van der Waals surface area (Å²) >= 11 is 0. The Morgan fingerprint density at radius 2 is 2.10 bits per heavy atom. The number of carbonyl (C=O) groups is 1. The van der Waals surface area contributed by atoms with Crippen molar-refractivity contribution in [3.63, 3.8) is 0 Å². The molecule has 0 aliphatic carbocycles. The van der Waals surface area contributed by atoms with Crippen LogP contribution < -0.4 is 5.32 Å². The number of amides is 1. The molecule has 0 fully saturated rings. The molecule has 1 aromatic carbocycles. The van der Waals surface area contributed by atoms with Crippen molar-refractivity contribution in [2.75, 3.05) is 11.6 Å². The van der Waals surface area contributed by atoms with Crippen LogP contribution in [0.4, 0.5) is 10.1 Å². The first-order valence-corrected chi connectivity index (χ1v) is 8.07. The number of rotatable bonds is 5. The van der Waals surface area contributed by atoms with Crippen molar-refractivity contribution >= 4 is 21.4 Å². The second-order valence-electron chi connectivity index (χ2n) is 4.54. The van der Waals surface area contributed by atoms with Crippen LogP contribution in [-0.2, 0) is 21.1 Å². The highest BCUT2D eigenvalue weighted by molar-refractivity contribution is 7.90.